The van der Waals surface area contributed by atoms with Gasteiger partial charge in [0.05, 0.1) is 19.1 Å². The lowest BCUT2D eigenvalue weighted by molar-refractivity contribution is -0.137. The minimum Gasteiger partial charge on any atom is -0.494 e. The van der Waals surface area contributed by atoms with Crippen LogP contribution in [0, 0.1) is 6.92 Å². The number of aliphatic carboxylic acids is 1. The molecule has 0 aliphatic carbocycles. The summed E-state index contributed by atoms with van der Waals surface area (Å²) in [7, 11) is 0. The molecular formula is C18H25NO5. The van der Waals surface area contributed by atoms with Gasteiger partial charge in [-0.05, 0) is 44.4 Å². The molecule has 6 nitrogen and oxygen atoms in total. The van der Waals surface area contributed by atoms with E-state index in [0.717, 1.165) is 18.4 Å². The van der Waals surface area contributed by atoms with Crippen LogP contribution in [0.3, 0.4) is 0 Å². The van der Waals surface area contributed by atoms with Gasteiger partial charge in [-0.3, -0.25) is 9.59 Å². The van der Waals surface area contributed by atoms with Crippen molar-refractivity contribution in [1.82, 2.24) is 4.90 Å². The van der Waals surface area contributed by atoms with Crippen LogP contribution in [0.5, 0.6) is 5.75 Å². The summed E-state index contributed by atoms with van der Waals surface area (Å²) in [5.74, 6) is -0.426. The first-order valence-corrected chi connectivity index (χ1v) is 8.37. The Labute approximate surface area is 142 Å². The van der Waals surface area contributed by atoms with Crippen molar-refractivity contribution in [3.63, 3.8) is 0 Å². The molecule has 1 fully saturated rings. The molecule has 0 spiro atoms. The predicted molar refractivity (Wildman–Crippen MR) is 89.5 cm³/mol. The highest BCUT2D eigenvalue weighted by Crippen LogP contribution is 2.22. The van der Waals surface area contributed by atoms with E-state index in [9.17, 15) is 9.59 Å². The molecule has 0 radical (unpaired) electrons. The van der Waals surface area contributed by atoms with Crippen molar-refractivity contribution in [2.45, 2.75) is 39.2 Å². The molecule has 0 unspecified atom stereocenters. The van der Waals surface area contributed by atoms with Crippen LogP contribution in [-0.2, 0) is 9.53 Å². The summed E-state index contributed by atoms with van der Waals surface area (Å²) in [4.78, 5) is 25.3. The summed E-state index contributed by atoms with van der Waals surface area (Å²) in [5.41, 5.74) is 1.47. The minimum absolute atomic E-state index is 0.0143. The molecule has 1 heterocycles. The fourth-order valence-electron chi connectivity index (χ4n) is 2.77. The Hall–Kier alpha value is -2.08. The van der Waals surface area contributed by atoms with Crippen LogP contribution in [-0.4, -0.2) is 54.3 Å². The lowest BCUT2D eigenvalue weighted by Crippen LogP contribution is -2.38. The van der Waals surface area contributed by atoms with Gasteiger partial charge < -0.3 is 19.5 Å². The fraction of sp³-hybridized carbons (Fsp3) is 0.556. The fourth-order valence-corrected chi connectivity index (χ4v) is 2.77. The summed E-state index contributed by atoms with van der Waals surface area (Å²) in [5, 5.41) is 8.94. The molecule has 1 aromatic rings. The molecule has 6 heteroatoms. The van der Waals surface area contributed by atoms with Crippen molar-refractivity contribution in [2.75, 3.05) is 26.3 Å². The van der Waals surface area contributed by atoms with Gasteiger partial charge in [0.15, 0.2) is 0 Å². The molecule has 24 heavy (non-hydrogen) atoms. The van der Waals surface area contributed by atoms with Gasteiger partial charge in [0.2, 0.25) is 0 Å². The van der Waals surface area contributed by atoms with E-state index in [1.54, 1.807) is 17.0 Å². The molecule has 1 saturated heterocycles. The van der Waals surface area contributed by atoms with Gasteiger partial charge in [0.25, 0.3) is 5.91 Å². The highest BCUT2D eigenvalue weighted by molar-refractivity contribution is 5.95. The number of nitrogens with zero attached hydrogens (tertiary/aromatic N) is 1. The van der Waals surface area contributed by atoms with Crippen LogP contribution in [0.25, 0.3) is 0 Å². The van der Waals surface area contributed by atoms with Gasteiger partial charge in [-0.1, -0.05) is 6.07 Å². The Morgan fingerprint density at radius 3 is 2.83 bits per heavy atom. The second kappa shape index (κ2) is 8.68. The molecule has 0 saturated carbocycles. The maximum atomic E-state index is 12.8. The summed E-state index contributed by atoms with van der Waals surface area (Å²) in [6, 6.07) is 5.33. The quantitative estimate of drug-likeness (QED) is 0.790. The number of ether oxygens (including phenoxy) is 2. The molecule has 0 bridgehead atoms. The first-order chi connectivity index (χ1) is 11.5. The normalized spacial score (nSPS) is 16.8. The molecule has 1 atom stereocenters. The van der Waals surface area contributed by atoms with Crippen LogP contribution in [0.2, 0.25) is 0 Å². The van der Waals surface area contributed by atoms with Gasteiger partial charge in [-0.25, -0.2) is 0 Å². The number of carbonyl (C=O) groups excluding carboxylic acids is 1. The summed E-state index contributed by atoms with van der Waals surface area (Å²) >= 11 is 0. The molecule has 2 rings (SSSR count). The van der Waals surface area contributed by atoms with Crippen molar-refractivity contribution >= 4 is 11.9 Å². The third-order valence-electron chi connectivity index (χ3n) is 4.07. The number of aryl methyl sites for hydroxylation is 1. The number of hydrogen-bond donors (Lipinski definition) is 1. The van der Waals surface area contributed by atoms with E-state index in [0.29, 0.717) is 31.1 Å². The maximum absolute atomic E-state index is 12.8. The van der Waals surface area contributed by atoms with Gasteiger partial charge in [-0.2, -0.15) is 0 Å². The third kappa shape index (κ3) is 4.96. The SMILES string of the molecule is CCOc1cc(C(=O)N(CCC(=O)O)C[C@H]2CCCO2)ccc1C. The molecule has 1 amide bonds. The number of carboxylic acid groups (broad SMARTS) is 1. The molecule has 132 valence electrons. The van der Waals surface area contributed by atoms with E-state index in [4.69, 9.17) is 14.6 Å². The smallest absolute Gasteiger partial charge is 0.305 e. The van der Waals surface area contributed by atoms with E-state index in [1.165, 1.54) is 0 Å². The standard InChI is InChI=1S/C18H25NO5/c1-3-23-16-11-14(7-6-13(16)2)18(22)19(9-8-17(20)21)12-15-5-4-10-24-15/h6-7,11,15H,3-5,8-10,12H2,1-2H3,(H,20,21)/t15-/m1/s1. The Morgan fingerprint density at radius 2 is 2.21 bits per heavy atom. The van der Waals surface area contributed by atoms with E-state index < -0.39 is 5.97 Å². The molecule has 0 aromatic heterocycles. The van der Waals surface area contributed by atoms with Crippen molar-refractivity contribution in [2.24, 2.45) is 0 Å². The Kier molecular flexibility index (Phi) is 6.61. The molecule has 1 aliphatic heterocycles. The monoisotopic (exact) mass is 335 g/mol. The van der Waals surface area contributed by atoms with Gasteiger partial charge >= 0.3 is 5.97 Å². The van der Waals surface area contributed by atoms with Gasteiger partial charge in [0, 0.05) is 25.3 Å². The predicted octanol–water partition coefficient (Wildman–Crippen LogP) is 2.49. The lowest BCUT2D eigenvalue weighted by atomic mass is 10.1. The van der Waals surface area contributed by atoms with Crippen LogP contribution < -0.4 is 4.74 Å². The Balaban J connectivity index is 2.15. The number of hydrogen-bond acceptors (Lipinski definition) is 4. The summed E-state index contributed by atoms with van der Waals surface area (Å²) in [6.07, 6.45) is 1.78. The highest BCUT2D eigenvalue weighted by Gasteiger charge is 2.24. The van der Waals surface area contributed by atoms with E-state index >= 15 is 0 Å². The Bertz CT molecular complexity index is 581. The van der Waals surface area contributed by atoms with Crippen LogP contribution in [0.15, 0.2) is 18.2 Å². The molecular weight excluding hydrogens is 310 g/mol. The molecule has 1 N–H and O–H groups in total. The van der Waals surface area contributed by atoms with E-state index in [-0.39, 0.29) is 25.0 Å². The largest absolute Gasteiger partial charge is 0.494 e. The van der Waals surface area contributed by atoms with Crippen molar-refractivity contribution in [1.29, 1.82) is 0 Å². The van der Waals surface area contributed by atoms with Crippen molar-refractivity contribution in [3.05, 3.63) is 29.3 Å². The van der Waals surface area contributed by atoms with E-state index in [2.05, 4.69) is 0 Å². The van der Waals surface area contributed by atoms with Crippen LogP contribution >= 0.6 is 0 Å². The zero-order chi connectivity index (χ0) is 17.5. The highest BCUT2D eigenvalue weighted by atomic mass is 16.5. The first-order valence-electron chi connectivity index (χ1n) is 8.37. The lowest BCUT2D eigenvalue weighted by Gasteiger charge is -2.25. The zero-order valence-electron chi connectivity index (χ0n) is 14.3. The molecule has 1 aliphatic rings. The third-order valence-corrected chi connectivity index (χ3v) is 4.07. The number of carbonyl (C=O) groups is 2. The van der Waals surface area contributed by atoms with Gasteiger partial charge in [0.1, 0.15) is 5.75 Å². The Morgan fingerprint density at radius 1 is 1.42 bits per heavy atom. The van der Waals surface area contributed by atoms with Crippen LogP contribution in [0.1, 0.15) is 42.1 Å². The number of rotatable bonds is 8. The van der Waals surface area contributed by atoms with Crippen LogP contribution in [0.4, 0.5) is 0 Å². The zero-order valence-corrected chi connectivity index (χ0v) is 14.3. The van der Waals surface area contributed by atoms with E-state index in [1.807, 2.05) is 19.9 Å². The second-order valence-corrected chi connectivity index (χ2v) is 5.94. The van der Waals surface area contributed by atoms with Crippen molar-refractivity contribution in [3.8, 4) is 5.75 Å². The average molecular weight is 335 g/mol. The second-order valence-electron chi connectivity index (χ2n) is 5.94. The number of benzene rings is 1. The number of amides is 1. The maximum Gasteiger partial charge on any atom is 0.305 e. The van der Waals surface area contributed by atoms with Gasteiger partial charge in [-0.15, -0.1) is 0 Å². The molecule has 1 aromatic carbocycles. The number of carboxylic acids is 1. The van der Waals surface area contributed by atoms with Crippen molar-refractivity contribution < 1.29 is 24.2 Å². The topological polar surface area (TPSA) is 76.1 Å². The first kappa shape index (κ1) is 18.3. The summed E-state index contributed by atoms with van der Waals surface area (Å²) in [6.45, 7) is 5.63. The average Bonchev–Trinajstić information content (AvgIpc) is 3.06. The summed E-state index contributed by atoms with van der Waals surface area (Å²) < 4.78 is 11.1. The minimum atomic E-state index is -0.918.